The van der Waals surface area contributed by atoms with Crippen molar-refractivity contribution in [2.75, 3.05) is 6.54 Å². The van der Waals surface area contributed by atoms with Crippen molar-refractivity contribution in [2.24, 2.45) is 5.92 Å². The Hall–Kier alpha value is -0.550. The lowest BCUT2D eigenvalue weighted by Crippen LogP contribution is -2.23. The summed E-state index contributed by atoms with van der Waals surface area (Å²) >= 11 is 0. The average molecular weight is 138 g/mol. The lowest BCUT2D eigenvalue weighted by molar-refractivity contribution is 0.551. The molecule has 1 fully saturated rings. The van der Waals surface area contributed by atoms with Crippen LogP contribution >= 0.6 is 0 Å². The predicted octanol–water partition coefficient (Wildman–Crippen LogP) is 1.29. The Bertz CT molecular complexity index is 133. The molecule has 0 radical (unpaired) electrons. The van der Waals surface area contributed by atoms with Crippen LogP contribution in [0.4, 0.5) is 0 Å². The van der Waals surface area contributed by atoms with E-state index in [-0.39, 0.29) is 5.92 Å². The van der Waals surface area contributed by atoms with E-state index in [1.54, 1.807) is 0 Å². The van der Waals surface area contributed by atoms with E-state index in [9.17, 15) is 0 Å². The van der Waals surface area contributed by atoms with E-state index < -0.39 is 0 Å². The van der Waals surface area contributed by atoms with Crippen LogP contribution in [-0.4, -0.2) is 12.6 Å². The molecule has 2 heteroatoms. The van der Waals surface area contributed by atoms with Gasteiger partial charge in [0, 0.05) is 12.6 Å². The minimum absolute atomic E-state index is 0.223. The Morgan fingerprint density at radius 2 is 2.40 bits per heavy atom. The summed E-state index contributed by atoms with van der Waals surface area (Å²) in [4.78, 5) is 0. The van der Waals surface area contributed by atoms with Gasteiger partial charge in [0.2, 0.25) is 0 Å². The van der Waals surface area contributed by atoms with E-state index in [0.717, 1.165) is 19.0 Å². The van der Waals surface area contributed by atoms with Gasteiger partial charge >= 0.3 is 0 Å². The van der Waals surface area contributed by atoms with Crippen LogP contribution in [0.3, 0.4) is 0 Å². The standard InChI is InChI=1S/C8H14N2/c1-2-7(5-9)6-10-8-3-4-8/h7-8,10H,2-4,6H2,1H3. The molecule has 1 aliphatic carbocycles. The molecule has 56 valence electrons. The summed E-state index contributed by atoms with van der Waals surface area (Å²) in [6.45, 7) is 2.94. The molecular formula is C8H14N2. The summed E-state index contributed by atoms with van der Waals surface area (Å²) in [7, 11) is 0. The second-order valence-corrected chi connectivity index (χ2v) is 2.92. The van der Waals surface area contributed by atoms with E-state index in [1.165, 1.54) is 12.8 Å². The third kappa shape index (κ3) is 2.36. The van der Waals surface area contributed by atoms with E-state index in [4.69, 9.17) is 5.26 Å². The molecule has 1 saturated carbocycles. The topological polar surface area (TPSA) is 35.8 Å². The maximum atomic E-state index is 8.57. The molecule has 1 unspecified atom stereocenters. The molecule has 1 rings (SSSR count). The summed E-state index contributed by atoms with van der Waals surface area (Å²) in [5.41, 5.74) is 0. The molecule has 0 heterocycles. The van der Waals surface area contributed by atoms with Crippen molar-refractivity contribution < 1.29 is 0 Å². The van der Waals surface area contributed by atoms with E-state index in [2.05, 4.69) is 18.3 Å². The fourth-order valence-corrected chi connectivity index (χ4v) is 0.878. The first-order valence-corrected chi connectivity index (χ1v) is 3.99. The molecule has 1 atom stereocenters. The van der Waals surface area contributed by atoms with Crippen molar-refractivity contribution in [2.45, 2.75) is 32.2 Å². The molecule has 1 N–H and O–H groups in total. The zero-order valence-electron chi connectivity index (χ0n) is 6.43. The number of nitrogens with one attached hydrogen (secondary N) is 1. The molecule has 0 bridgehead atoms. The number of nitrogens with zero attached hydrogens (tertiary/aromatic N) is 1. The van der Waals surface area contributed by atoms with Crippen LogP contribution in [0.15, 0.2) is 0 Å². The van der Waals surface area contributed by atoms with Crippen LogP contribution in [0.1, 0.15) is 26.2 Å². The van der Waals surface area contributed by atoms with Gasteiger partial charge in [0.1, 0.15) is 0 Å². The largest absolute Gasteiger partial charge is 0.313 e. The quantitative estimate of drug-likeness (QED) is 0.635. The third-order valence-electron chi connectivity index (χ3n) is 1.91. The molecule has 0 aromatic rings. The Morgan fingerprint density at radius 1 is 1.70 bits per heavy atom. The van der Waals surface area contributed by atoms with Crippen LogP contribution < -0.4 is 5.32 Å². The Morgan fingerprint density at radius 3 is 2.80 bits per heavy atom. The van der Waals surface area contributed by atoms with E-state index in [1.807, 2.05) is 0 Å². The molecule has 0 aromatic heterocycles. The zero-order valence-corrected chi connectivity index (χ0v) is 6.43. The van der Waals surface area contributed by atoms with Gasteiger partial charge in [-0.1, -0.05) is 6.92 Å². The number of hydrogen-bond acceptors (Lipinski definition) is 2. The van der Waals surface area contributed by atoms with Crippen molar-refractivity contribution in [1.29, 1.82) is 5.26 Å². The van der Waals surface area contributed by atoms with Gasteiger partial charge in [-0.3, -0.25) is 0 Å². The van der Waals surface area contributed by atoms with Crippen LogP contribution in [0, 0.1) is 17.2 Å². The van der Waals surface area contributed by atoms with Crippen LogP contribution in [-0.2, 0) is 0 Å². The molecule has 0 spiro atoms. The summed E-state index contributed by atoms with van der Waals surface area (Å²) in [6.07, 6.45) is 3.58. The summed E-state index contributed by atoms with van der Waals surface area (Å²) < 4.78 is 0. The average Bonchev–Trinajstić information content (AvgIpc) is 2.74. The number of nitriles is 1. The number of hydrogen-bond donors (Lipinski definition) is 1. The highest BCUT2D eigenvalue weighted by molar-refractivity contribution is 4.87. The normalized spacial score (nSPS) is 20.0. The molecule has 0 aromatic carbocycles. The predicted molar refractivity (Wildman–Crippen MR) is 40.4 cm³/mol. The van der Waals surface area contributed by atoms with Gasteiger partial charge in [-0.2, -0.15) is 5.26 Å². The van der Waals surface area contributed by atoms with Crippen molar-refractivity contribution in [3.8, 4) is 6.07 Å². The second kappa shape index (κ2) is 3.58. The maximum absolute atomic E-state index is 8.57. The first-order chi connectivity index (χ1) is 4.86. The van der Waals surface area contributed by atoms with Crippen LogP contribution in [0.5, 0.6) is 0 Å². The first-order valence-electron chi connectivity index (χ1n) is 3.99. The zero-order chi connectivity index (χ0) is 7.40. The van der Waals surface area contributed by atoms with Gasteiger partial charge in [0.25, 0.3) is 0 Å². The van der Waals surface area contributed by atoms with Gasteiger partial charge in [-0.05, 0) is 19.3 Å². The lowest BCUT2D eigenvalue weighted by Gasteiger charge is -2.05. The minimum atomic E-state index is 0.223. The first kappa shape index (κ1) is 7.56. The Labute approximate surface area is 62.2 Å². The second-order valence-electron chi connectivity index (χ2n) is 2.92. The minimum Gasteiger partial charge on any atom is -0.313 e. The van der Waals surface area contributed by atoms with Gasteiger partial charge < -0.3 is 5.32 Å². The summed E-state index contributed by atoms with van der Waals surface area (Å²) in [5, 5.41) is 11.9. The maximum Gasteiger partial charge on any atom is 0.0669 e. The van der Waals surface area contributed by atoms with E-state index >= 15 is 0 Å². The molecule has 0 aliphatic heterocycles. The highest BCUT2D eigenvalue weighted by Gasteiger charge is 2.21. The van der Waals surface area contributed by atoms with Crippen LogP contribution in [0.25, 0.3) is 0 Å². The molecule has 2 nitrogen and oxygen atoms in total. The monoisotopic (exact) mass is 138 g/mol. The summed E-state index contributed by atoms with van der Waals surface area (Å²) in [5.74, 6) is 0.223. The van der Waals surface area contributed by atoms with Gasteiger partial charge in [-0.15, -0.1) is 0 Å². The van der Waals surface area contributed by atoms with Gasteiger partial charge in [-0.25, -0.2) is 0 Å². The summed E-state index contributed by atoms with van der Waals surface area (Å²) in [6, 6.07) is 3.01. The molecule has 10 heavy (non-hydrogen) atoms. The van der Waals surface area contributed by atoms with Crippen molar-refractivity contribution in [3.63, 3.8) is 0 Å². The Kier molecular flexibility index (Phi) is 2.70. The van der Waals surface area contributed by atoms with Crippen LogP contribution in [0.2, 0.25) is 0 Å². The van der Waals surface area contributed by atoms with Crippen molar-refractivity contribution >= 4 is 0 Å². The highest BCUT2D eigenvalue weighted by atomic mass is 14.9. The van der Waals surface area contributed by atoms with Crippen molar-refractivity contribution in [3.05, 3.63) is 0 Å². The molecule has 1 aliphatic rings. The SMILES string of the molecule is CCC(C#N)CNC1CC1. The van der Waals surface area contributed by atoms with Gasteiger partial charge in [0.15, 0.2) is 0 Å². The third-order valence-corrected chi connectivity index (χ3v) is 1.91. The number of rotatable bonds is 4. The molecule has 0 amide bonds. The smallest absolute Gasteiger partial charge is 0.0669 e. The van der Waals surface area contributed by atoms with E-state index in [0.29, 0.717) is 0 Å². The molecule has 0 saturated heterocycles. The Balaban J connectivity index is 2.04. The fourth-order valence-electron chi connectivity index (χ4n) is 0.878. The fraction of sp³-hybridized carbons (Fsp3) is 0.875. The van der Waals surface area contributed by atoms with Crippen molar-refractivity contribution in [1.82, 2.24) is 5.32 Å². The van der Waals surface area contributed by atoms with Gasteiger partial charge in [0.05, 0.1) is 12.0 Å². The lowest BCUT2D eigenvalue weighted by atomic mass is 10.1. The highest BCUT2D eigenvalue weighted by Crippen LogP contribution is 2.18. The molecular weight excluding hydrogens is 124 g/mol.